The summed E-state index contributed by atoms with van der Waals surface area (Å²) in [5.74, 6) is 1.28. The first-order valence-corrected chi connectivity index (χ1v) is 7.45. The van der Waals surface area contributed by atoms with Crippen molar-refractivity contribution in [3.8, 4) is 11.5 Å². The fourth-order valence-corrected chi connectivity index (χ4v) is 2.59. The van der Waals surface area contributed by atoms with Crippen molar-refractivity contribution in [3.05, 3.63) is 22.8 Å². The lowest BCUT2D eigenvalue weighted by atomic mass is 10.0. The van der Waals surface area contributed by atoms with Crippen LogP contribution in [-0.4, -0.2) is 49.3 Å². The molecule has 1 fully saturated rings. The average molecular weight is 278 g/mol. The van der Waals surface area contributed by atoms with E-state index < -0.39 is 0 Å². The summed E-state index contributed by atoms with van der Waals surface area (Å²) in [6, 6.07) is 1.93. The normalized spacial score (nSPS) is 16.9. The lowest BCUT2D eigenvalue weighted by molar-refractivity contribution is 0.216. The Bertz CT molecular complexity index is 452. The predicted molar refractivity (Wildman–Crippen MR) is 81.7 cm³/mol. The molecule has 1 heterocycles. The number of aryl methyl sites for hydroxylation is 1. The predicted octanol–water partition coefficient (Wildman–Crippen LogP) is 1.99. The number of ether oxygens (including phenoxy) is 1. The van der Waals surface area contributed by atoms with Gasteiger partial charge in [0.05, 0.1) is 0 Å². The number of phenols is 1. The van der Waals surface area contributed by atoms with E-state index in [9.17, 15) is 5.11 Å². The molecule has 1 aromatic carbocycles. The van der Waals surface area contributed by atoms with Gasteiger partial charge in [-0.3, -0.25) is 4.90 Å². The fraction of sp³-hybridized carbons (Fsp3) is 0.625. The lowest BCUT2D eigenvalue weighted by Crippen LogP contribution is -2.31. The third-order valence-electron chi connectivity index (χ3n) is 4.11. The molecular formula is C16H26N2O2. The molecule has 0 saturated carbocycles. The maximum atomic E-state index is 9.90. The van der Waals surface area contributed by atoms with Crippen molar-refractivity contribution in [1.82, 2.24) is 10.2 Å². The second kappa shape index (κ2) is 6.95. The van der Waals surface area contributed by atoms with E-state index in [0.29, 0.717) is 12.4 Å². The van der Waals surface area contributed by atoms with Crippen molar-refractivity contribution in [2.24, 2.45) is 0 Å². The molecule has 112 valence electrons. The minimum Gasteiger partial charge on any atom is -0.507 e. The molecule has 0 aliphatic carbocycles. The summed E-state index contributed by atoms with van der Waals surface area (Å²) in [5.41, 5.74) is 2.83. The smallest absolute Gasteiger partial charge is 0.123 e. The van der Waals surface area contributed by atoms with E-state index in [1.165, 1.54) is 6.42 Å². The molecule has 1 aliphatic rings. The van der Waals surface area contributed by atoms with Gasteiger partial charge in [-0.25, -0.2) is 0 Å². The third-order valence-corrected chi connectivity index (χ3v) is 4.11. The van der Waals surface area contributed by atoms with Gasteiger partial charge in [-0.2, -0.15) is 0 Å². The van der Waals surface area contributed by atoms with E-state index in [4.69, 9.17) is 4.74 Å². The molecule has 1 saturated heterocycles. The lowest BCUT2D eigenvalue weighted by Gasteiger charge is -2.20. The van der Waals surface area contributed by atoms with E-state index >= 15 is 0 Å². The topological polar surface area (TPSA) is 44.7 Å². The van der Waals surface area contributed by atoms with Crippen molar-refractivity contribution in [1.29, 1.82) is 0 Å². The number of benzene rings is 1. The number of phenolic OH excluding ortho intramolecular Hbond substituents is 1. The molecule has 1 aromatic rings. The second-order valence-corrected chi connectivity index (χ2v) is 5.58. The highest BCUT2D eigenvalue weighted by Gasteiger charge is 2.12. The Morgan fingerprint density at radius 1 is 1.20 bits per heavy atom. The average Bonchev–Trinajstić information content (AvgIpc) is 2.71. The van der Waals surface area contributed by atoms with Gasteiger partial charge in [0.15, 0.2) is 0 Å². The Morgan fingerprint density at radius 2 is 2.00 bits per heavy atom. The van der Waals surface area contributed by atoms with E-state index in [1.54, 1.807) is 0 Å². The first-order chi connectivity index (χ1) is 9.59. The summed E-state index contributed by atoms with van der Waals surface area (Å²) < 4.78 is 5.92. The van der Waals surface area contributed by atoms with E-state index in [0.717, 1.165) is 55.2 Å². The third kappa shape index (κ3) is 3.64. The number of nitrogens with one attached hydrogen (secondary N) is 1. The molecule has 0 radical (unpaired) electrons. The summed E-state index contributed by atoms with van der Waals surface area (Å²) in [4.78, 5) is 2.44. The first-order valence-electron chi connectivity index (χ1n) is 7.45. The zero-order valence-corrected chi connectivity index (χ0v) is 12.8. The molecule has 0 amide bonds. The summed E-state index contributed by atoms with van der Waals surface area (Å²) in [6.45, 7) is 11.9. The Balaban J connectivity index is 1.90. The van der Waals surface area contributed by atoms with Crippen LogP contribution in [0.15, 0.2) is 6.07 Å². The van der Waals surface area contributed by atoms with Crippen molar-refractivity contribution < 1.29 is 9.84 Å². The molecule has 0 bridgehead atoms. The van der Waals surface area contributed by atoms with Crippen LogP contribution in [0.25, 0.3) is 0 Å². The minimum atomic E-state index is 0.383. The van der Waals surface area contributed by atoms with Gasteiger partial charge in [0.1, 0.15) is 18.1 Å². The Morgan fingerprint density at radius 3 is 2.80 bits per heavy atom. The number of rotatable bonds is 4. The molecule has 0 spiro atoms. The van der Waals surface area contributed by atoms with Crippen LogP contribution in [0.3, 0.4) is 0 Å². The van der Waals surface area contributed by atoms with Gasteiger partial charge >= 0.3 is 0 Å². The molecule has 0 unspecified atom stereocenters. The molecule has 2 rings (SSSR count). The zero-order valence-electron chi connectivity index (χ0n) is 12.8. The molecule has 20 heavy (non-hydrogen) atoms. The van der Waals surface area contributed by atoms with Crippen molar-refractivity contribution >= 4 is 0 Å². The van der Waals surface area contributed by atoms with Gasteiger partial charge in [-0.15, -0.1) is 0 Å². The fourth-order valence-electron chi connectivity index (χ4n) is 2.59. The van der Waals surface area contributed by atoms with Gasteiger partial charge in [0.2, 0.25) is 0 Å². The summed E-state index contributed by atoms with van der Waals surface area (Å²) in [5, 5.41) is 13.3. The molecule has 4 heteroatoms. The standard InChI is InChI=1S/C16H26N2O2/c1-12-11-15(13(2)14(3)16(12)19)20-10-9-18-7-4-5-17-6-8-18/h11,17,19H,4-10H2,1-3H3. The molecular weight excluding hydrogens is 252 g/mol. The van der Waals surface area contributed by atoms with Gasteiger partial charge in [-0.1, -0.05) is 0 Å². The number of hydrogen-bond donors (Lipinski definition) is 2. The number of nitrogens with zero attached hydrogens (tertiary/aromatic N) is 1. The Kier molecular flexibility index (Phi) is 5.26. The summed E-state index contributed by atoms with van der Waals surface area (Å²) >= 11 is 0. The molecule has 0 aromatic heterocycles. The van der Waals surface area contributed by atoms with E-state index in [1.807, 2.05) is 26.8 Å². The van der Waals surface area contributed by atoms with Crippen molar-refractivity contribution in [3.63, 3.8) is 0 Å². The van der Waals surface area contributed by atoms with Gasteiger partial charge < -0.3 is 15.2 Å². The first kappa shape index (κ1) is 15.1. The number of aromatic hydroxyl groups is 1. The van der Waals surface area contributed by atoms with Crippen LogP contribution < -0.4 is 10.1 Å². The van der Waals surface area contributed by atoms with E-state index in [-0.39, 0.29) is 0 Å². The number of hydrogen-bond acceptors (Lipinski definition) is 4. The monoisotopic (exact) mass is 278 g/mol. The largest absolute Gasteiger partial charge is 0.507 e. The summed E-state index contributed by atoms with van der Waals surface area (Å²) in [6.07, 6.45) is 1.20. The van der Waals surface area contributed by atoms with Gasteiger partial charge in [-0.05, 0) is 63.0 Å². The SMILES string of the molecule is Cc1cc(OCCN2CCCNCC2)c(C)c(C)c1O. The van der Waals surface area contributed by atoms with Gasteiger partial charge in [0.25, 0.3) is 0 Å². The molecule has 4 nitrogen and oxygen atoms in total. The minimum absolute atomic E-state index is 0.383. The summed E-state index contributed by atoms with van der Waals surface area (Å²) in [7, 11) is 0. The van der Waals surface area contributed by atoms with Crippen LogP contribution >= 0.6 is 0 Å². The van der Waals surface area contributed by atoms with Crippen LogP contribution in [0.1, 0.15) is 23.1 Å². The van der Waals surface area contributed by atoms with Crippen LogP contribution in [-0.2, 0) is 0 Å². The highest BCUT2D eigenvalue weighted by Crippen LogP contribution is 2.31. The molecule has 0 atom stereocenters. The maximum absolute atomic E-state index is 9.90. The Labute approximate surface area is 121 Å². The molecule has 1 aliphatic heterocycles. The van der Waals surface area contributed by atoms with Gasteiger partial charge in [0, 0.05) is 19.6 Å². The molecule has 2 N–H and O–H groups in total. The van der Waals surface area contributed by atoms with Crippen LogP contribution in [0.2, 0.25) is 0 Å². The highest BCUT2D eigenvalue weighted by atomic mass is 16.5. The zero-order chi connectivity index (χ0) is 14.5. The van der Waals surface area contributed by atoms with Crippen molar-refractivity contribution in [2.45, 2.75) is 27.2 Å². The van der Waals surface area contributed by atoms with Crippen LogP contribution in [0.4, 0.5) is 0 Å². The van der Waals surface area contributed by atoms with Crippen LogP contribution in [0, 0.1) is 20.8 Å². The van der Waals surface area contributed by atoms with Crippen LogP contribution in [0.5, 0.6) is 11.5 Å². The van der Waals surface area contributed by atoms with Crippen molar-refractivity contribution in [2.75, 3.05) is 39.3 Å². The highest BCUT2D eigenvalue weighted by molar-refractivity contribution is 5.51. The Hall–Kier alpha value is -1.26. The maximum Gasteiger partial charge on any atom is 0.123 e. The second-order valence-electron chi connectivity index (χ2n) is 5.58. The quantitative estimate of drug-likeness (QED) is 0.884. The van der Waals surface area contributed by atoms with E-state index in [2.05, 4.69) is 10.2 Å².